The zero-order chi connectivity index (χ0) is 21.7. The number of carbonyl (C=O) groups is 1. The molecule has 0 radical (unpaired) electrons. The summed E-state index contributed by atoms with van der Waals surface area (Å²) in [4.78, 5) is 12.7. The molecule has 0 aliphatic heterocycles. The summed E-state index contributed by atoms with van der Waals surface area (Å²) in [5, 5.41) is 2.89. The smallest absolute Gasteiger partial charge is 0.261 e. The van der Waals surface area contributed by atoms with Crippen LogP contribution in [0.25, 0.3) is 0 Å². The summed E-state index contributed by atoms with van der Waals surface area (Å²) in [6.45, 7) is 3.74. The third kappa shape index (κ3) is 5.18. The molecule has 3 rings (SSSR count). The number of aryl methyl sites for hydroxylation is 1. The number of nitrogens with one attached hydrogen (secondary N) is 2. The van der Waals surface area contributed by atoms with Crippen LogP contribution in [0.5, 0.6) is 5.75 Å². The molecule has 3 aromatic rings. The first-order chi connectivity index (χ1) is 14.3. The Hall–Kier alpha value is -3.32. The van der Waals surface area contributed by atoms with E-state index in [9.17, 15) is 13.2 Å². The first-order valence-corrected chi connectivity index (χ1v) is 10.9. The highest BCUT2D eigenvalue weighted by Gasteiger charge is 2.18. The number of ether oxygens (including phenoxy) is 1. The van der Waals surface area contributed by atoms with E-state index >= 15 is 0 Å². The fraction of sp³-hybridized carbons (Fsp3) is 0.174. The molecule has 7 heteroatoms. The minimum Gasteiger partial charge on any atom is -0.497 e. The Kier molecular flexibility index (Phi) is 6.42. The first kappa shape index (κ1) is 21.4. The second kappa shape index (κ2) is 9.00. The highest BCUT2D eigenvalue weighted by atomic mass is 32.2. The van der Waals surface area contributed by atoms with Crippen LogP contribution in [-0.4, -0.2) is 21.4 Å². The van der Waals surface area contributed by atoms with Crippen LogP contribution < -0.4 is 14.8 Å². The number of rotatable bonds is 7. The summed E-state index contributed by atoms with van der Waals surface area (Å²) < 4.78 is 33.2. The van der Waals surface area contributed by atoms with E-state index < -0.39 is 10.0 Å². The number of hydrogen-bond donors (Lipinski definition) is 2. The van der Waals surface area contributed by atoms with Gasteiger partial charge in [-0.2, -0.15) is 0 Å². The number of hydrogen-bond acceptors (Lipinski definition) is 4. The zero-order valence-corrected chi connectivity index (χ0v) is 17.9. The van der Waals surface area contributed by atoms with E-state index in [0.717, 1.165) is 16.9 Å². The molecule has 1 atom stereocenters. The average molecular weight is 425 g/mol. The SMILES string of the molecule is COc1ccc([C@@H](C)NC(=O)c2cccc(S(=O)(=O)Nc3cccc(C)c3)c2)cc1. The van der Waals surface area contributed by atoms with E-state index in [2.05, 4.69) is 10.0 Å². The van der Waals surface area contributed by atoms with Crippen molar-refractivity contribution in [2.24, 2.45) is 0 Å². The van der Waals surface area contributed by atoms with Crippen LogP contribution in [-0.2, 0) is 10.0 Å². The standard InChI is InChI=1S/C23H24N2O4S/c1-16-6-4-8-20(14-16)25-30(27,28)22-9-5-7-19(15-22)23(26)24-17(2)18-10-12-21(29-3)13-11-18/h4-15,17,25H,1-3H3,(H,24,26)/t17-/m1/s1. The van der Waals surface area contributed by atoms with Crippen molar-refractivity contribution in [3.8, 4) is 5.75 Å². The summed E-state index contributed by atoms with van der Waals surface area (Å²) >= 11 is 0. The van der Waals surface area contributed by atoms with Gasteiger partial charge in [0.25, 0.3) is 15.9 Å². The third-order valence-electron chi connectivity index (χ3n) is 4.64. The Morgan fingerprint density at radius 3 is 2.33 bits per heavy atom. The van der Waals surface area contributed by atoms with Crippen molar-refractivity contribution in [3.63, 3.8) is 0 Å². The number of amides is 1. The van der Waals surface area contributed by atoms with Crippen molar-refractivity contribution in [3.05, 3.63) is 89.5 Å². The Morgan fingerprint density at radius 1 is 0.967 bits per heavy atom. The fourth-order valence-electron chi connectivity index (χ4n) is 2.98. The van der Waals surface area contributed by atoms with Gasteiger partial charge in [0.05, 0.1) is 18.0 Å². The van der Waals surface area contributed by atoms with Crippen LogP contribution in [0.1, 0.15) is 34.5 Å². The van der Waals surface area contributed by atoms with Gasteiger partial charge in [-0.1, -0.05) is 30.3 Å². The van der Waals surface area contributed by atoms with Crippen LogP contribution in [0.2, 0.25) is 0 Å². The summed E-state index contributed by atoms with van der Waals surface area (Å²) in [6.07, 6.45) is 0. The molecule has 156 valence electrons. The quantitative estimate of drug-likeness (QED) is 0.592. The zero-order valence-electron chi connectivity index (χ0n) is 17.0. The maximum atomic E-state index is 12.7. The van der Waals surface area contributed by atoms with Crippen molar-refractivity contribution in [2.75, 3.05) is 11.8 Å². The predicted molar refractivity (Wildman–Crippen MR) is 117 cm³/mol. The molecular formula is C23H24N2O4S. The van der Waals surface area contributed by atoms with Crippen molar-refractivity contribution in [1.29, 1.82) is 0 Å². The van der Waals surface area contributed by atoms with Gasteiger partial charge in [-0.25, -0.2) is 8.42 Å². The normalized spacial score (nSPS) is 12.1. The molecular weight excluding hydrogens is 400 g/mol. The van der Waals surface area contributed by atoms with Gasteiger partial charge in [0.1, 0.15) is 5.75 Å². The van der Waals surface area contributed by atoms with E-state index in [1.807, 2.05) is 44.2 Å². The molecule has 0 unspecified atom stereocenters. The van der Waals surface area contributed by atoms with Crippen LogP contribution >= 0.6 is 0 Å². The van der Waals surface area contributed by atoms with E-state index in [0.29, 0.717) is 5.69 Å². The molecule has 0 fully saturated rings. The van der Waals surface area contributed by atoms with Crippen LogP contribution in [0.4, 0.5) is 5.69 Å². The lowest BCUT2D eigenvalue weighted by atomic mass is 10.1. The van der Waals surface area contributed by atoms with Gasteiger partial charge in [0.15, 0.2) is 0 Å². The van der Waals surface area contributed by atoms with Gasteiger partial charge in [0.2, 0.25) is 0 Å². The molecule has 0 bridgehead atoms. The lowest BCUT2D eigenvalue weighted by molar-refractivity contribution is 0.0939. The Labute approximate surface area is 177 Å². The van der Waals surface area contributed by atoms with Crippen LogP contribution in [0.15, 0.2) is 77.7 Å². The number of carbonyl (C=O) groups excluding carboxylic acids is 1. The van der Waals surface area contributed by atoms with Crippen LogP contribution in [0, 0.1) is 6.92 Å². The highest BCUT2D eigenvalue weighted by Crippen LogP contribution is 2.20. The molecule has 30 heavy (non-hydrogen) atoms. The van der Waals surface area contributed by atoms with Crippen molar-refractivity contribution < 1.29 is 17.9 Å². The number of anilines is 1. The molecule has 6 nitrogen and oxygen atoms in total. The van der Waals surface area contributed by atoms with Crippen molar-refractivity contribution >= 4 is 21.6 Å². The number of sulfonamides is 1. The molecule has 0 spiro atoms. The minimum atomic E-state index is -3.82. The summed E-state index contributed by atoms with van der Waals surface area (Å²) in [6, 6.07) is 20.2. The maximum absolute atomic E-state index is 12.7. The molecule has 0 saturated carbocycles. The minimum absolute atomic E-state index is 0.0220. The molecule has 0 aliphatic carbocycles. The molecule has 0 saturated heterocycles. The predicted octanol–water partition coefficient (Wildman–Crippen LogP) is 4.30. The molecule has 0 aliphatic rings. The summed E-state index contributed by atoms with van der Waals surface area (Å²) in [5.74, 6) is 0.377. The van der Waals surface area contributed by atoms with Crippen molar-refractivity contribution in [2.45, 2.75) is 24.8 Å². The Bertz CT molecular complexity index is 1140. The van der Waals surface area contributed by atoms with E-state index in [-0.39, 0.29) is 22.4 Å². The first-order valence-electron chi connectivity index (χ1n) is 9.43. The molecule has 2 N–H and O–H groups in total. The summed E-state index contributed by atoms with van der Waals surface area (Å²) in [7, 11) is -2.23. The number of methoxy groups -OCH3 is 1. The molecule has 0 heterocycles. The second-order valence-electron chi connectivity index (χ2n) is 6.97. The maximum Gasteiger partial charge on any atom is 0.261 e. The Balaban J connectivity index is 1.75. The molecule has 0 aromatic heterocycles. The lowest BCUT2D eigenvalue weighted by Gasteiger charge is -2.15. The fourth-order valence-corrected chi connectivity index (χ4v) is 4.08. The Morgan fingerprint density at radius 2 is 1.67 bits per heavy atom. The highest BCUT2D eigenvalue weighted by molar-refractivity contribution is 7.92. The summed E-state index contributed by atoms with van der Waals surface area (Å²) in [5.41, 5.74) is 2.59. The third-order valence-corrected chi connectivity index (χ3v) is 6.02. The van der Waals surface area contributed by atoms with E-state index in [4.69, 9.17) is 4.74 Å². The van der Waals surface area contributed by atoms with Gasteiger partial charge in [0, 0.05) is 11.3 Å². The molecule has 1 amide bonds. The number of benzene rings is 3. The van der Waals surface area contributed by atoms with Crippen molar-refractivity contribution in [1.82, 2.24) is 5.32 Å². The molecule has 3 aromatic carbocycles. The topological polar surface area (TPSA) is 84.5 Å². The van der Waals surface area contributed by atoms with Gasteiger partial charge in [-0.05, 0) is 67.4 Å². The van der Waals surface area contributed by atoms with E-state index in [1.54, 1.807) is 37.4 Å². The van der Waals surface area contributed by atoms with Gasteiger partial charge < -0.3 is 10.1 Å². The monoisotopic (exact) mass is 424 g/mol. The van der Waals surface area contributed by atoms with E-state index in [1.165, 1.54) is 12.1 Å². The van der Waals surface area contributed by atoms with Gasteiger partial charge in [-0.3, -0.25) is 9.52 Å². The second-order valence-corrected chi connectivity index (χ2v) is 8.65. The van der Waals surface area contributed by atoms with Crippen LogP contribution in [0.3, 0.4) is 0 Å². The largest absolute Gasteiger partial charge is 0.497 e. The lowest BCUT2D eigenvalue weighted by Crippen LogP contribution is -2.27. The average Bonchev–Trinajstić information content (AvgIpc) is 2.73. The van der Waals surface area contributed by atoms with Gasteiger partial charge >= 0.3 is 0 Å². The van der Waals surface area contributed by atoms with Gasteiger partial charge in [-0.15, -0.1) is 0 Å².